The van der Waals surface area contributed by atoms with Gasteiger partial charge in [-0.2, -0.15) is 0 Å². The fourth-order valence-corrected chi connectivity index (χ4v) is 2.09. The Kier molecular flexibility index (Phi) is 4.16. The highest BCUT2D eigenvalue weighted by molar-refractivity contribution is 9.10. The lowest BCUT2D eigenvalue weighted by Crippen LogP contribution is -1.97. The number of halogens is 3. The van der Waals surface area contributed by atoms with Crippen LogP contribution in [0.5, 0.6) is 0 Å². The van der Waals surface area contributed by atoms with Gasteiger partial charge in [0.25, 0.3) is 5.69 Å². The van der Waals surface area contributed by atoms with E-state index in [9.17, 15) is 14.5 Å². The summed E-state index contributed by atoms with van der Waals surface area (Å²) in [6.45, 7) is 0. The topological polar surface area (TPSA) is 55.2 Å². The summed E-state index contributed by atoms with van der Waals surface area (Å²) in [5.41, 5.74) is 0.652. The van der Waals surface area contributed by atoms with Crippen LogP contribution >= 0.6 is 31.9 Å². The van der Waals surface area contributed by atoms with Crippen LogP contribution in [0.3, 0.4) is 0 Å². The third-order valence-electron chi connectivity index (χ3n) is 2.36. The van der Waals surface area contributed by atoms with E-state index in [-0.39, 0.29) is 5.69 Å². The maximum atomic E-state index is 13.4. The van der Waals surface area contributed by atoms with Gasteiger partial charge < -0.3 is 5.32 Å². The summed E-state index contributed by atoms with van der Waals surface area (Å²) >= 11 is 6.22. The summed E-state index contributed by atoms with van der Waals surface area (Å²) in [5.74, 6) is -0.440. The third kappa shape index (κ3) is 3.30. The number of benzene rings is 2. The van der Waals surface area contributed by atoms with E-state index in [1.807, 2.05) is 0 Å². The second-order valence-electron chi connectivity index (χ2n) is 3.67. The molecule has 0 unspecified atom stereocenters. The van der Waals surface area contributed by atoms with Gasteiger partial charge in [0, 0.05) is 16.2 Å². The van der Waals surface area contributed by atoms with Gasteiger partial charge >= 0.3 is 0 Å². The van der Waals surface area contributed by atoms with E-state index in [2.05, 4.69) is 37.2 Å². The number of nitrogens with one attached hydrogen (secondary N) is 1. The van der Waals surface area contributed by atoms with Gasteiger partial charge in [0.05, 0.1) is 9.40 Å². The molecule has 7 heteroatoms. The van der Waals surface area contributed by atoms with Crippen LogP contribution in [0.2, 0.25) is 0 Å². The molecule has 4 nitrogen and oxygen atoms in total. The van der Waals surface area contributed by atoms with Gasteiger partial charge in [-0.15, -0.1) is 0 Å². The Balaban J connectivity index is 2.37. The van der Waals surface area contributed by atoms with Crippen LogP contribution in [0.4, 0.5) is 21.5 Å². The Morgan fingerprint density at radius 1 is 1.16 bits per heavy atom. The standard InChI is InChI=1S/C12H7Br2FN2O2/c13-7-1-4-11(12(5-7)17(18)19)16-8-2-3-9(14)10(15)6-8/h1-6,16H. The number of nitro groups is 1. The van der Waals surface area contributed by atoms with Crippen LogP contribution in [0.1, 0.15) is 0 Å². The lowest BCUT2D eigenvalue weighted by atomic mass is 10.2. The van der Waals surface area contributed by atoms with Crippen LogP contribution in [0, 0.1) is 15.9 Å². The van der Waals surface area contributed by atoms with E-state index in [1.165, 1.54) is 18.2 Å². The molecule has 0 amide bonds. The molecule has 0 spiro atoms. The molecular weight excluding hydrogens is 383 g/mol. The van der Waals surface area contributed by atoms with Crippen molar-refractivity contribution in [1.29, 1.82) is 0 Å². The number of nitrogens with zero attached hydrogens (tertiary/aromatic N) is 1. The van der Waals surface area contributed by atoms with Crippen molar-refractivity contribution in [3.63, 3.8) is 0 Å². The molecule has 0 aromatic heterocycles. The van der Waals surface area contributed by atoms with E-state index in [1.54, 1.807) is 18.2 Å². The zero-order chi connectivity index (χ0) is 14.0. The smallest absolute Gasteiger partial charge is 0.293 e. The molecule has 1 N–H and O–H groups in total. The van der Waals surface area contributed by atoms with Crippen molar-refractivity contribution >= 4 is 48.9 Å². The van der Waals surface area contributed by atoms with Crippen LogP contribution in [0.15, 0.2) is 45.3 Å². The zero-order valence-corrected chi connectivity index (χ0v) is 12.5. The van der Waals surface area contributed by atoms with Gasteiger partial charge in [0.15, 0.2) is 0 Å². The largest absolute Gasteiger partial charge is 0.350 e. The first kappa shape index (κ1) is 14.0. The predicted molar refractivity (Wildman–Crippen MR) is 78.2 cm³/mol. The second-order valence-corrected chi connectivity index (χ2v) is 5.44. The number of nitro benzene ring substituents is 1. The maximum Gasteiger partial charge on any atom is 0.293 e. The number of rotatable bonds is 3. The molecule has 98 valence electrons. The molecule has 0 saturated carbocycles. The zero-order valence-electron chi connectivity index (χ0n) is 9.36. The van der Waals surface area contributed by atoms with Crippen molar-refractivity contribution in [3.05, 3.63) is 61.3 Å². The van der Waals surface area contributed by atoms with Crippen molar-refractivity contribution in [2.75, 3.05) is 5.32 Å². The molecule has 2 aromatic carbocycles. The fraction of sp³-hybridized carbons (Fsp3) is 0. The Bertz CT molecular complexity index is 650. The van der Waals surface area contributed by atoms with Gasteiger partial charge in [-0.25, -0.2) is 4.39 Å². The molecule has 2 rings (SSSR count). The van der Waals surface area contributed by atoms with Gasteiger partial charge in [0.1, 0.15) is 11.5 Å². The van der Waals surface area contributed by atoms with E-state index < -0.39 is 10.7 Å². The van der Waals surface area contributed by atoms with Gasteiger partial charge in [0.2, 0.25) is 0 Å². The lowest BCUT2D eigenvalue weighted by molar-refractivity contribution is -0.384. The maximum absolute atomic E-state index is 13.4. The minimum absolute atomic E-state index is 0.0855. The normalized spacial score (nSPS) is 10.3. The average Bonchev–Trinajstić information content (AvgIpc) is 2.36. The summed E-state index contributed by atoms with van der Waals surface area (Å²) in [5, 5.41) is 13.8. The van der Waals surface area contributed by atoms with E-state index in [4.69, 9.17) is 0 Å². The van der Waals surface area contributed by atoms with Gasteiger partial charge in [-0.05, 0) is 46.3 Å². The summed E-state index contributed by atoms with van der Waals surface area (Å²) in [6.07, 6.45) is 0. The van der Waals surface area contributed by atoms with Crippen molar-refractivity contribution < 1.29 is 9.31 Å². The molecule has 0 saturated heterocycles. The number of hydrogen-bond donors (Lipinski definition) is 1. The summed E-state index contributed by atoms with van der Waals surface area (Å²) in [6, 6.07) is 9.03. The summed E-state index contributed by atoms with van der Waals surface area (Å²) < 4.78 is 14.3. The Labute approximate surface area is 125 Å². The SMILES string of the molecule is O=[N+]([O-])c1cc(Br)ccc1Nc1ccc(Br)c(F)c1. The van der Waals surface area contributed by atoms with E-state index >= 15 is 0 Å². The van der Waals surface area contributed by atoms with Crippen LogP contribution < -0.4 is 5.32 Å². The van der Waals surface area contributed by atoms with Crippen LogP contribution in [-0.2, 0) is 0 Å². The molecule has 0 atom stereocenters. The molecule has 2 aromatic rings. The molecule has 0 bridgehead atoms. The van der Waals surface area contributed by atoms with Crippen molar-refractivity contribution in [2.24, 2.45) is 0 Å². The highest BCUT2D eigenvalue weighted by atomic mass is 79.9. The molecule has 0 aliphatic carbocycles. The van der Waals surface area contributed by atoms with Crippen molar-refractivity contribution in [2.45, 2.75) is 0 Å². The van der Waals surface area contributed by atoms with Crippen LogP contribution in [0.25, 0.3) is 0 Å². The molecule has 0 aliphatic rings. The second kappa shape index (κ2) is 5.66. The Hall–Kier alpha value is -1.47. The first-order chi connectivity index (χ1) is 8.97. The summed E-state index contributed by atoms with van der Waals surface area (Å²) in [7, 11) is 0. The molecule has 0 heterocycles. The molecule has 0 radical (unpaired) electrons. The lowest BCUT2D eigenvalue weighted by Gasteiger charge is -2.08. The highest BCUT2D eigenvalue weighted by Crippen LogP contribution is 2.31. The first-order valence-electron chi connectivity index (χ1n) is 5.13. The first-order valence-corrected chi connectivity index (χ1v) is 6.72. The molecule has 0 aliphatic heterocycles. The van der Waals surface area contributed by atoms with Crippen molar-refractivity contribution in [3.8, 4) is 0 Å². The van der Waals surface area contributed by atoms with Crippen molar-refractivity contribution in [1.82, 2.24) is 0 Å². The molecule has 0 fully saturated rings. The Morgan fingerprint density at radius 3 is 2.53 bits per heavy atom. The summed E-state index contributed by atoms with van der Waals surface area (Å²) in [4.78, 5) is 10.5. The Morgan fingerprint density at radius 2 is 1.89 bits per heavy atom. The molecular formula is C12H7Br2FN2O2. The average molecular weight is 390 g/mol. The minimum Gasteiger partial charge on any atom is -0.350 e. The molecule has 19 heavy (non-hydrogen) atoms. The highest BCUT2D eigenvalue weighted by Gasteiger charge is 2.14. The third-order valence-corrected chi connectivity index (χ3v) is 3.49. The monoisotopic (exact) mass is 388 g/mol. The number of hydrogen-bond acceptors (Lipinski definition) is 3. The number of anilines is 2. The fourth-order valence-electron chi connectivity index (χ4n) is 1.49. The minimum atomic E-state index is -0.498. The van der Waals surface area contributed by atoms with Crippen LogP contribution in [-0.4, -0.2) is 4.92 Å². The van der Waals surface area contributed by atoms with Gasteiger partial charge in [-0.1, -0.05) is 15.9 Å². The quantitative estimate of drug-likeness (QED) is 0.593. The van der Waals surface area contributed by atoms with Gasteiger partial charge in [-0.3, -0.25) is 10.1 Å². The van der Waals surface area contributed by atoms with E-state index in [0.29, 0.717) is 20.3 Å². The predicted octanol–water partition coefficient (Wildman–Crippen LogP) is 5.00. The van der Waals surface area contributed by atoms with E-state index in [0.717, 1.165) is 0 Å².